The molecule has 1 fully saturated rings. The molecular formula is C18H21NO5. The van der Waals surface area contributed by atoms with Crippen molar-refractivity contribution in [2.45, 2.75) is 25.8 Å². The lowest BCUT2D eigenvalue weighted by Gasteiger charge is -2.27. The van der Waals surface area contributed by atoms with Gasteiger partial charge in [0.05, 0.1) is 12.3 Å². The molecule has 3 atom stereocenters. The van der Waals surface area contributed by atoms with Crippen LogP contribution in [0.4, 0.5) is 4.79 Å². The molecule has 1 aromatic rings. The second kappa shape index (κ2) is 7.77. The van der Waals surface area contributed by atoms with E-state index in [0.29, 0.717) is 6.42 Å². The number of rotatable bonds is 7. The van der Waals surface area contributed by atoms with E-state index in [0.717, 1.165) is 10.5 Å². The number of carboxylic acid groups (broad SMARTS) is 1. The largest absolute Gasteiger partial charge is 0.481 e. The van der Waals surface area contributed by atoms with E-state index in [1.165, 1.54) is 0 Å². The van der Waals surface area contributed by atoms with Crippen LogP contribution in [0.2, 0.25) is 0 Å². The fourth-order valence-electron chi connectivity index (χ4n) is 2.91. The second-order valence-electron chi connectivity index (χ2n) is 5.92. The lowest BCUT2D eigenvalue weighted by molar-refractivity contribution is -0.145. The Hall–Kier alpha value is -2.63. The van der Waals surface area contributed by atoms with Crippen LogP contribution in [-0.4, -0.2) is 34.6 Å². The van der Waals surface area contributed by atoms with Crippen LogP contribution >= 0.6 is 0 Å². The van der Waals surface area contributed by atoms with Gasteiger partial charge < -0.3 is 9.84 Å². The summed E-state index contributed by atoms with van der Waals surface area (Å²) in [7, 11) is 0. The number of allylic oxidation sites excluding steroid dienone is 1. The number of imide groups is 1. The molecule has 1 saturated heterocycles. The third-order valence-corrected chi connectivity index (χ3v) is 4.23. The molecule has 0 aliphatic carbocycles. The van der Waals surface area contributed by atoms with Crippen LogP contribution in [0, 0.1) is 11.8 Å². The molecular weight excluding hydrogens is 310 g/mol. The smallest absolute Gasteiger partial charge is 0.417 e. The Morgan fingerprint density at radius 1 is 1.42 bits per heavy atom. The number of amides is 2. The Balaban J connectivity index is 2.29. The average Bonchev–Trinajstić information content (AvgIpc) is 2.94. The molecule has 24 heavy (non-hydrogen) atoms. The number of hydrogen-bond acceptors (Lipinski definition) is 4. The summed E-state index contributed by atoms with van der Waals surface area (Å²) in [5, 5.41) is 9.13. The maximum atomic E-state index is 12.9. The Morgan fingerprint density at radius 3 is 2.67 bits per heavy atom. The number of hydrogen-bond donors (Lipinski definition) is 1. The first kappa shape index (κ1) is 17.7. The van der Waals surface area contributed by atoms with E-state index in [1.807, 2.05) is 30.3 Å². The van der Waals surface area contributed by atoms with Crippen molar-refractivity contribution in [2.24, 2.45) is 11.8 Å². The molecule has 1 aromatic carbocycles. The third-order valence-electron chi connectivity index (χ3n) is 4.23. The zero-order valence-electron chi connectivity index (χ0n) is 13.6. The Labute approximate surface area is 140 Å². The molecule has 2 amide bonds. The topological polar surface area (TPSA) is 83.9 Å². The van der Waals surface area contributed by atoms with Crippen molar-refractivity contribution in [1.82, 2.24) is 4.90 Å². The predicted molar refractivity (Wildman–Crippen MR) is 87.1 cm³/mol. The maximum Gasteiger partial charge on any atom is 0.417 e. The van der Waals surface area contributed by atoms with Gasteiger partial charge in [0.25, 0.3) is 0 Å². The first-order valence-corrected chi connectivity index (χ1v) is 7.83. The summed E-state index contributed by atoms with van der Waals surface area (Å²) in [5.74, 6) is -2.63. The van der Waals surface area contributed by atoms with Gasteiger partial charge in [-0.2, -0.15) is 0 Å². The molecule has 1 unspecified atom stereocenters. The summed E-state index contributed by atoms with van der Waals surface area (Å²) >= 11 is 0. The minimum Gasteiger partial charge on any atom is -0.481 e. The van der Waals surface area contributed by atoms with Crippen LogP contribution in [0.25, 0.3) is 0 Å². The van der Waals surface area contributed by atoms with Crippen LogP contribution < -0.4 is 0 Å². The highest BCUT2D eigenvalue weighted by Gasteiger charge is 2.43. The quantitative estimate of drug-likeness (QED) is 0.777. The number of benzene rings is 1. The summed E-state index contributed by atoms with van der Waals surface area (Å²) in [5.41, 5.74) is 0.780. The minimum absolute atomic E-state index is 0.0736. The average molecular weight is 331 g/mol. The SMILES string of the molecule is C=CC[C@H](C)[C@@H](CC(=O)O)C(=O)N1C(=O)OCC1c1ccccc1. The first-order valence-electron chi connectivity index (χ1n) is 7.83. The predicted octanol–water partition coefficient (Wildman–Crippen LogP) is 3.01. The van der Waals surface area contributed by atoms with Gasteiger partial charge in [0.15, 0.2) is 0 Å². The highest BCUT2D eigenvalue weighted by Crippen LogP contribution is 2.32. The number of nitrogens with zero attached hydrogens (tertiary/aromatic N) is 1. The Kier molecular flexibility index (Phi) is 5.73. The van der Waals surface area contributed by atoms with Crippen molar-refractivity contribution < 1.29 is 24.2 Å². The molecule has 1 aliphatic heterocycles. The van der Waals surface area contributed by atoms with Gasteiger partial charge >= 0.3 is 12.1 Å². The van der Waals surface area contributed by atoms with Crippen LogP contribution in [-0.2, 0) is 14.3 Å². The molecule has 6 heteroatoms. The van der Waals surface area contributed by atoms with E-state index in [1.54, 1.807) is 13.0 Å². The van der Waals surface area contributed by atoms with E-state index >= 15 is 0 Å². The lowest BCUT2D eigenvalue weighted by Crippen LogP contribution is -2.41. The third kappa shape index (κ3) is 3.82. The van der Waals surface area contributed by atoms with Gasteiger partial charge in [-0.05, 0) is 17.9 Å². The van der Waals surface area contributed by atoms with Gasteiger partial charge in [-0.15, -0.1) is 6.58 Å². The summed E-state index contributed by atoms with van der Waals surface area (Å²) in [6.07, 6.45) is 1.07. The number of carbonyl (C=O) groups excluding carboxylic acids is 2. The summed E-state index contributed by atoms with van der Waals surface area (Å²) in [6.45, 7) is 5.49. The maximum absolute atomic E-state index is 12.9. The second-order valence-corrected chi connectivity index (χ2v) is 5.92. The van der Waals surface area contributed by atoms with Crippen molar-refractivity contribution in [3.8, 4) is 0 Å². The minimum atomic E-state index is -1.08. The highest BCUT2D eigenvalue weighted by molar-refractivity contribution is 5.96. The molecule has 6 nitrogen and oxygen atoms in total. The van der Waals surface area contributed by atoms with Gasteiger partial charge in [-0.1, -0.05) is 43.3 Å². The molecule has 0 saturated carbocycles. The van der Waals surface area contributed by atoms with Crippen molar-refractivity contribution in [2.75, 3.05) is 6.61 Å². The van der Waals surface area contributed by atoms with E-state index in [2.05, 4.69) is 6.58 Å². The molecule has 0 bridgehead atoms. The van der Waals surface area contributed by atoms with Gasteiger partial charge in [0.2, 0.25) is 5.91 Å². The number of carboxylic acids is 1. The van der Waals surface area contributed by atoms with E-state index in [9.17, 15) is 14.4 Å². The monoisotopic (exact) mass is 331 g/mol. The van der Waals surface area contributed by atoms with Crippen LogP contribution in [0.1, 0.15) is 31.4 Å². The molecule has 0 radical (unpaired) electrons. The van der Waals surface area contributed by atoms with Crippen LogP contribution in [0.5, 0.6) is 0 Å². The summed E-state index contributed by atoms with van der Waals surface area (Å²) < 4.78 is 5.05. The van der Waals surface area contributed by atoms with Gasteiger partial charge in [0, 0.05) is 0 Å². The molecule has 1 aliphatic rings. The van der Waals surface area contributed by atoms with E-state index < -0.39 is 29.9 Å². The van der Waals surface area contributed by atoms with Gasteiger partial charge in [-0.25, -0.2) is 9.69 Å². The standard InChI is InChI=1S/C18H21NO5/c1-3-7-12(2)14(10-16(20)21)17(22)19-15(11-24-18(19)23)13-8-5-4-6-9-13/h3-6,8-9,12,14-15H,1,7,10-11H2,2H3,(H,20,21)/t12-,14+,15?/m0/s1. The van der Waals surface area contributed by atoms with Gasteiger partial charge in [-0.3, -0.25) is 9.59 Å². The molecule has 0 aromatic heterocycles. The van der Waals surface area contributed by atoms with Crippen molar-refractivity contribution in [1.29, 1.82) is 0 Å². The number of ether oxygens (including phenoxy) is 1. The van der Waals surface area contributed by atoms with Crippen molar-refractivity contribution in [3.05, 3.63) is 48.6 Å². The summed E-state index contributed by atoms with van der Waals surface area (Å²) in [6, 6.07) is 8.56. The first-order chi connectivity index (χ1) is 11.5. The Morgan fingerprint density at radius 2 is 2.08 bits per heavy atom. The zero-order chi connectivity index (χ0) is 17.7. The normalized spacial score (nSPS) is 19.5. The Bertz CT molecular complexity index is 628. The summed E-state index contributed by atoms with van der Waals surface area (Å²) in [4.78, 5) is 37.2. The molecule has 1 heterocycles. The molecule has 2 rings (SSSR count). The number of cyclic esters (lactones) is 1. The lowest BCUT2D eigenvalue weighted by atomic mass is 9.86. The molecule has 0 spiro atoms. The van der Waals surface area contributed by atoms with Crippen molar-refractivity contribution >= 4 is 18.0 Å². The number of carbonyl (C=O) groups is 3. The zero-order valence-corrected chi connectivity index (χ0v) is 13.6. The van der Waals surface area contributed by atoms with Crippen molar-refractivity contribution in [3.63, 3.8) is 0 Å². The number of aliphatic carboxylic acids is 1. The highest BCUT2D eigenvalue weighted by atomic mass is 16.6. The van der Waals surface area contributed by atoms with Crippen LogP contribution in [0.15, 0.2) is 43.0 Å². The fraction of sp³-hybridized carbons (Fsp3) is 0.389. The van der Waals surface area contributed by atoms with Crippen LogP contribution in [0.3, 0.4) is 0 Å². The molecule has 1 N–H and O–H groups in total. The van der Waals surface area contributed by atoms with E-state index in [-0.39, 0.29) is 18.9 Å². The fourth-order valence-corrected chi connectivity index (χ4v) is 2.91. The van der Waals surface area contributed by atoms with Gasteiger partial charge in [0.1, 0.15) is 12.6 Å². The van der Waals surface area contributed by atoms with E-state index in [4.69, 9.17) is 9.84 Å². The molecule has 128 valence electrons.